The predicted octanol–water partition coefficient (Wildman–Crippen LogP) is 2.63. The van der Waals surface area contributed by atoms with Crippen molar-refractivity contribution in [3.05, 3.63) is 59.8 Å². The van der Waals surface area contributed by atoms with Crippen LogP contribution in [0.2, 0.25) is 0 Å². The first-order chi connectivity index (χ1) is 11.3. The lowest BCUT2D eigenvalue weighted by atomic mass is 10.1. The number of nitrogens with zero attached hydrogens (tertiary/aromatic N) is 2. The Bertz CT molecular complexity index is 577. The molecule has 3 rings (SSSR count). The molecule has 1 aliphatic rings. The third-order valence-electron chi connectivity index (χ3n) is 4.32. The van der Waals surface area contributed by atoms with Gasteiger partial charge in [-0.05, 0) is 43.0 Å². The highest BCUT2D eigenvalue weighted by molar-refractivity contribution is 5.22. The number of benzene rings is 1. The Morgan fingerprint density at radius 3 is 2.43 bits per heavy atom. The molecule has 2 heterocycles. The van der Waals surface area contributed by atoms with Gasteiger partial charge in [0.2, 0.25) is 5.88 Å². The number of pyridine rings is 1. The maximum atomic E-state index is 5.95. The number of aromatic nitrogens is 1. The van der Waals surface area contributed by atoms with Crippen LogP contribution in [0, 0.1) is 0 Å². The molecule has 0 aliphatic carbocycles. The third kappa shape index (κ3) is 4.78. The minimum atomic E-state index is 0.285. The summed E-state index contributed by atoms with van der Waals surface area (Å²) in [6, 6.07) is 14.6. The predicted molar refractivity (Wildman–Crippen MR) is 92.4 cm³/mol. The van der Waals surface area contributed by atoms with Crippen molar-refractivity contribution in [1.82, 2.24) is 9.88 Å². The highest BCUT2D eigenvalue weighted by Gasteiger charge is 2.20. The average Bonchev–Trinajstić information content (AvgIpc) is 2.60. The van der Waals surface area contributed by atoms with Gasteiger partial charge in [-0.1, -0.05) is 30.3 Å². The van der Waals surface area contributed by atoms with Crippen molar-refractivity contribution in [3.63, 3.8) is 0 Å². The van der Waals surface area contributed by atoms with Crippen LogP contribution in [0.1, 0.15) is 24.0 Å². The van der Waals surface area contributed by atoms with E-state index in [2.05, 4.69) is 34.1 Å². The molecule has 1 aliphatic heterocycles. The Labute approximate surface area is 138 Å². The molecule has 4 nitrogen and oxygen atoms in total. The summed E-state index contributed by atoms with van der Waals surface area (Å²) in [6.07, 6.45) is 5.13. The van der Waals surface area contributed by atoms with Crippen LogP contribution in [0.5, 0.6) is 5.88 Å². The highest BCUT2D eigenvalue weighted by Crippen LogP contribution is 2.18. The van der Waals surface area contributed by atoms with Crippen LogP contribution in [-0.4, -0.2) is 35.6 Å². The molecule has 2 aromatic rings. The van der Waals surface area contributed by atoms with Gasteiger partial charge in [-0.3, -0.25) is 4.90 Å². The van der Waals surface area contributed by atoms with Gasteiger partial charge in [0.15, 0.2) is 0 Å². The normalized spacial score (nSPS) is 16.4. The summed E-state index contributed by atoms with van der Waals surface area (Å²) in [4.78, 5) is 6.73. The number of nitrogens with two attached hydrogens (primary N) is 1. The monoisotopic (exact) mass is 311 g/mol. The zero-order valence-electron chi connectivity index (χ0n) is 13.5. The van der Waals surface area contributed by atoms with Crippen LogP contribution >= 0.6 is 0 Å². The first-order valence-corrected chi connectivity index (χ1v) is 8.41. The summed E-state index contributed by atoms with van der Waals surface area (Å²) in [7, 11) is 0. The van der Waals surface area contributed by atoms with Crippen molar-refractivity contribution in [2.75, 3.05) is 19.6 Å². The molecule has 23 heavy (non-hydrogen) atoms. The summed E-state index contributed by atoms with van der Waals surface area (Å²) in [5.74, 6) is 0.737. The maximum Gasteiger partial charge on any atom is 0.213 e. The zero-order valence-corrected chi connectivity index (χ0v) is 13.5. The van der Waals surface area contributed by atoms with Gasteiger partial charge in [-0.15, -0.1) is 0 Å². The molecule has 0 atom stereocenters. The minimum Gasteiger partial charge on any atom is -0.474 e. The number of rotatable bonds is 6. The molecule has 122 valence electrons. The van der Waals surface area contributed by atoms with Crippen LogP contribution in [0.3, 0.4) is 0 Å². The molecule has 1 aromatic carbocycles. The Balaban J connectivity index is 1.45. The first kappa shape index (κ1) is 16.0. The van der Waals surface area contributed by atoms with Crippen LogP contribution in [0.15, 0.2) is 48.7 Å². The Kier molecular flexibility index (Phi) is 5.61. The van der Waals surface area contributed by atoms with E-state index in [4.69, 9.17) is 10.5 Å². The lowest BCUT2D eigenvalue weighted by Crippen LogP contribution is -2.37. The van der Waals surface area contributed by atoms with Gasteiger partial charge in [0, 0.05) is 31.9 Å². The number of ether oxygens (including phenoxy) is 1. The quantitative estimate of drug-likeness (QED) is 0.891. The van der Waals surface area contributed by atoms with E-state index in [1.54, 1.807) is 6.20 Å². The van der Waals surface area contributed by atoms with Gasteiger partial charge >= 0.3 is 0 Å². The van der Waals surface area contributed by atoms with E-state index >= 15 is 0 Å². The minimum absolute atomic E-state index is 0.285. The fourth-order valence-corrected chi connectivity index (χ4v) is 3.01. The molecule has 0 spiro atoms. The molecule has 1 fully saturated rings. The number of piperidine rings is 1. The Morgan fingerprint density at radius 1 is 1.04 bits per heavy atom. The van der Waals surface area contributed by atoms with Crippen molar-refractivity contribution in [1.29, 1.82) is 0 Å². The smallest absolute Gasteiger partial charge is 0.213 e. The molecule has 1 saturated heterocycles. The summed E-state index contributed by atoms with van der Waals surface area (Å²) in [6.45, 7) is 3.87. The van der Waals surface area contributed by atoms with E-state index < -0.39 is 0 Å². The largest absolute Gasteiger partial charge is 0.474 e. The van der Waals surface area contributed by atoms with Crippen LogP contribution < -0.4 is 10.5 Å². The molecule has 4 heteroatoms. The van der Waals surface area contributed by atoms with E-state index in [9.17, 15) is 0 Å². The molecule has 1 aromatic heterocycles. The van der Waals surface area contributed by atoms with E-state index in [-0.39, 0.29) is 6.10 Å². The lowest BCUT2D eigenvalue weighted by Gasteiger charge is -2.31. The van der Waals surface area contributed by atoms with Gasteiger partial charge in [0.25, 0.3) is 0 Å². The second-order valence-corrected chi connectivity index (χ2v) is 6.12. The van der Waals surface area contributed by atoms with Crippen molar-refractivity contribution >= 4 is 0 Å². The molecule has 0 bridgehead atoms. The first-order valence-electron chi connectivity index (χ1n) is 8.41. The van der Waals surface area contributed by atoms with Crippen LogP contribution in [-0.2, 0) is 13.0 Å². The van der Waals surface area contributed by atoms with Crippen LogP contribution in [0.25, 0.3) is 0 Å². The number of hydrogen-bond donors (Lipinski definition) is 1. The number of likely N-dealkylation sites (tertiary alicyclic amines) is 1. The van der Waals surface area contributed by atoms with Gasteiger partial charge in [0.05, 0.1) is 0 Å². The molecule has 2 N–H and O–H groups in total. The van der Waals surface area contributed by atoms with E-state index in [0.717, 1.165) is 44.8 Å². The number of hydrogen-bond acceptors (Lipinski definition) is 4. The second-order valence-electron chi connectivity index (χ2n) is 6.12. The second kappa shape index (κ2) is 8.09. The van der Waals surface area contributed by atoms with Gasteiger partial charge in [-0.2, -0.15) is 0 Å². The van der Waals surface area contributed by atoms with Crippen molar-refractivity contribution in [3.8, 4) is 5.88 Å². The summed E-state index contributed by atoms with van der Waals surface area (Å²) in [5, 5.41) is 0. The third-order valence-corrected chi connectivity index (χ3v) is 4.32. The SMILES string of the molecule is NCCc1ccc(CN2CCC(Oc3ccccn3)CC2)cc1. The van der Waals surface area contributed by atoms with Crippen molar-refractivity contribution in [2.24, 2.45) is 5.73 Å². The summed E-state index contributed by atoms with van der Waals surface area (Å²) >= 11 is 0. The van der Waals surface area contributed by atoms with Crippen molar-refractivity contribution < 1.29 is 4.74 Å². The fraction of sp³-hybridized carbons (Fsp3) is 0.421. The molecular formula is C19H25N3O. The molecular weight excluding hydrogens is 286 g/mol. The topological polar surface area (TPSA) is 51.4 Å². The molecule has 0 radical (unpaired) electrons. The van der Waals surface area contributed by atoms with Crippen LogP contribution in [0.4, 0.5) is 0 Å². The van der Waals surface area contributed by atoms with E-state index in [1.165, 1.54) is 11.1 Å². The van der Waals surface area contributed by atoms with E-state index in [1.807, 2.05) is 18.2 Å². The lowest BCUT2D eigenvalue weighted by molar-refractivity contribution is 0.0932. The molecule has 0 unspecified atom stereocenters. The highest BCUT2D eigenvalue weighted by atomic mass is 16.5. The van der Waals surface area contributed by atoms with E-state index in [0.29, 0.717) is 6.54 Å². The van der Waals surface area contributed by atoms with Crippen molar-refractivity contribution in [2.45, 2.75) is 31.9 Å². The summed E-state index contributed by atoms with van der Waals surface area (Å²) in [5.41, 5.74) is 8.28. The molecule has 0 saturated carbocycles. The maximum absolute atomic E-state index is 5.95. The average molecular weight is 311 g/mol. The standard InChI is InChI=1S/C19H25N3O/c20-11-8-16-4-6-17(7-5-16)15-22-13-9-18(10-14-22)23-19-3-1-2-12-21-19/h1-7,12,18H,8-11,13-15,20H2. The van der Waals surface area contributed by atoms with Gasteiger partial charge in [-0.25, -0.2) is 4.98 Å². The van der Waals surface area contributed by atoms with Gasteiger partial charge in [0.1, 0.15) is 6.10 Å². The Hall–Kier alpha value is -1.91. The summed E-state index contributed by atoms with van der Waals surface area (Å²) < 4.78 is 5.95. The zero-order chi connectivity index (χ0) is 15.9. The Morgan fingerprint density at radius 2 is 1.78 bits per heavy atom. The molecule has 0 amide bonds. The van der Waals surface area contributed by atoms with Gasteiger partial charge < -0.3 is 10.5 Å². The fourth-order valence-electron chi connectivity index (χ4n) is 3.01.